The van der Waals surface area contributed by atoms with E-state index in [1.807, 2.05) is 0 Å². The van der Waals surface area contributed by atoms with Crippen molar-refractivity contribution < 1.29 is 14.4 Å². The molecular weight excluding hydrogens is 208 g/mol. The lowest BCUT2D eigenvalue weighted by Gasteiger charge is -2.03. The first kappa shape index (κ1) is 10.2. The summed E-state index contributed by atoms with van der Waals surface area (Å²) in [7, 11) is 0. The highest BCUT2D eigenvalue weighted by atomic mass is 16.5. The molecule has 82 valence electrons. The number of aromatic hydroxyl groups is 1. The van der Waals surface area contributed by atoms with Crippen LogP contribution in [-0.2, 0) is 0 Å². The molecule has 0 spiro atoms. The van der Waals surface area contributed by atoms with Crippen LogP contribution in [0.4, 0.5) is 5.69 Å². The van der Waals surface area contributed by atoms with Crippen molar-refractivity contribution in [1.29, 1.82) is 0 Å². The molecule has 0 aliphatic rings. The standard InChI is InChI=1S/C11H10N2O3/c1-7-6-10(16-13-7)11(15)12-8-4-2-3-5-9(8)14/h2-6,14H,1H3,(H,12,15). The van der Waals surface area contributed by atoms with Crippen LogP contribution in [0.15, 0.2) is 34.9 Å². The summed E-state index contributed by atoms with van der Waals surface area (Å²) in [6.45, 7) is 1.72. The van der Waals surface area contributed by atoms with Gasteiger partial charge in [0.15, 0.2) is 0 Å². The number of nitrogens with one attached hydrogen (secondary N) is 1. The Hall–Kier alpha value is -2.30. The zero-order valence-corrected chi connectivity index (χ0v) is 8.60. The average Bonchev–Trinajstić information content (AvgIpc) is 2.68. The number of hydrogen-bond acceptors (Lipinski definition) is 4. The van der Waals surface area contributed by atoms with Gasteiger partial charge < -0.3 is 14.9 Å². The van der Waals surface area contributed by atoms with Crippen molar-refractivity contribution in [2.45, 2.75) is 6.92 Å². The molecule has 2 aromatic rings. The van der Waals surface area contributed by atoms with Crippen LogP contribution < -0.4 is 5.32 Å². The molecule has 1 aromatic heterocycles. The van der Waals surface area contributed by atoms with Crippen molar-refractivity contribution in [3.8, 4) is 5.75 Å². The van der Waals surface area contributed by atoms with Gasteiger partial charge in [-0.1, -0.05) is 17.3 Å². The molecule has 0 bridgehead atoms. The fraction of sp³-hybridized carbons (Fsp3) is 0.0909. The third kappa shape index (κ3) is 2.03. The van der Waals surface area contributed by atoms with Crippen LogP contribution in [0.5, 0.6) is 5.75 Å². The molecule has 0 fully saturated rings. The van der Waals surface area contributed by atoms with Gasteiger partial charge in [0.2, 0.25) is 5.76 Å². The number of anilines is 1. The maximum Gasteiger partial charge on any atom is 0.294 e. The van der Waals surface area contributed by atoms with E-state index in [0.717, 1.165) is 0 Å². The third-order valence-corrected chi connectivity index (χ3v) is 2.00. The highest BCUT2D eigenvalue weighted by Crippen LogP contribution is 2.22. The maximum atomic E-state index is 11.6. The van der Waals surface area contributed by atoms with E-state index in [-0.39, 0.29) is 11.5 Å². The van der Waals surface area contributed by atoms with E-state index in [1.165, 1.54) is 12.1 Å². The molecule has 0 saturated heterocycles. The number of benzene rings is 1. The van der Waals surface area contributed by atoms with E-state index in [0.29, 0.717) is 11.4 Å². The van der Waals surface area contributed by atoms with Crippen molar-refractivity contribution in [1.82, 2.24) is 5.16 Å². The molecule has 5 nitrogen and oxygen atoms in total. The van der Waals surface area contributed by atoms with Crippen LogP contribution in [0.3, 0.4) is 0 Å². The van der Waals surface area contributed by atoms with Crippen molar-refractivity contribution in [3.05, 3.63) is 41.8 Å². The molecule has 1 heterocycles. The van der Waals surface area contributed by atoms with Crippen molar-refractivity contribution in [2.24, 2.45) is 0 Å². The number of carbonyl (C=O) groups excluding carboxylic acids is 1. The number of phenolic OH excluding ortho intramolecular Hbond substituents is 1. The second-order valence-electron chi connectivity index (χ2n) is 3.30. The second kappa shape index (κ2) is 4.06. The molecule has 0 atom stereocenters. The maximum absolute atomic E-state index is 11.6. The van der Waals surface area contributed by atoms with Gasteiger partial charge in [-0.25, -0.2) is 0 Å². The minimum Gasteiger partial charge on any atom is -0.506 e. The average molecular weight is 218 g/mol. The van der Waals surface area contributed by atoms with Gasteiger partial charge in [0.1, 0.15) is 5.75 Å². The monoisotopic (exact) mass is 218 g/mol. The lowest BCUT2D eigenvalue weighted by atomic mass is 10.3. The Morgan fingerprint density at radius 2 is 2.19 bits per heavy atom. The highest BCUT2D eigenvalue weighted by molar-refractivity contribution is 6.02. The molecule has 0 aliphatic carbocycles. The largest absolute Gasteiger partial charge is 0.506 e. The van der Waals surface area contributed by atoms with Crippen molar-refractivity contribution in [3.63, 3.8) is 0 Å². The summed E-state index contributed by atoms with van der Waals surface area (Å²) in [4.78, 5) is 11.6. The summed E-state index contributed by atoms with van der Waals surface area (Å²) in [5.41, 5.74) is 0.962. The van der Waals surface area contributed by atoms with E-state index in [1.54, 1.807) is 25.1 Å². The highest BCUT2D eigenvalue weighted by Gasteiger charge is 2.12. The Balaban J connectivity index is 2.17. The van der Waals surface area contributed by atoms with Gasteiger partial charge in [0.05, 0.1) is 11.4 Å². The Morgan fingerprint density at radius 1 is 1.44 bits per heavy atom. The van der Waals surface area contributed by atoms with Crippen LogP contribution in [0.2, 0.25) is 0 Å². The minimum absolute atomic E-state index is 0.00656. The van der Waals surface area contributed by atoms with Crippen molar-refractivity contribution >= 4 is 11.6 Å². The van der Waals surface area contributed by atoms with Gasteiger partial charge >= 0.3 is 0 Å². The smallest absolute Gasteiger partial charge is 0.294 e. The number of aromatic nitrogens is 1. The molecular formula is C11H10N2O3. The first-order chi connectivity index (χ1) is 7.66. The summed E-state index contributed by atoms with van der Waals surface area (Å²) < 4.78 is 4.79. The molecule has 1 amide bonds. The first-order valence-corrected chi connectivity index (χ1v) is 4.69. The predicted octanol–water partition coefficient (Wildman–Crippen LogP) is 1.94. The SMILES string of the molecule is Cc1cc(C(=O)Nc2ccccc2O)on1. The third-order valence-electron chi connectivity index (χ3n) is 2.00. The summed E-state index contributed by atoms with van der Waals surface area (Å²) in [5, 5.41) is 15.6. The first-order valence-electron chi connectivity index (χ1n) is 4.69. The number of carbonyl (C=O) groups is 1. The van der Waals surface area contributed by atoms with Crippen LogP contribution in [0.25, 0.3) is 0 Å². The number of aryl methyl sites for hydroxylation is 1. The topological polar surface area (TPSA) is 75.4 Å². The van der Waals surface area contributed by atoms with Crippen LogP contribution in [0.1, 0.15) is 16.2 Å². The normalized spacial score (nSPS) is 10.1. The van der Waals surface area contributed by atoms with Gasteiger partial charge in [-0.15, -0.1) is 0 Å². The van der Waals surface area contributed by atoms with E-state index >= 15 is 0 Å². The number of para-hydroxylation sites is 2. The van der Waals surface area contributed by atoms with Gasteiger partial charge in [-0.05, 0) is 19.1 Å². The van der Waals surface area contributed by atoms with E-state index in [4.69, 9.17) is 4.52 Å². The number of hydrogen-bond donors (Lipinski definition) is 2. The Labute approximate surface area is 91.7 Å². The molecule has 2 N–H and O–H groups in total. The molecule has 5 heteroatoms. The zero-order valence-electron chi connectivity index (χ0n) is 8.60. The van der Waals surface area contributed by atoms with E-state index in [9.17, 15) is 9.90 Å². The lowest BCUT2D eigenvalue weighted by Crippen LogP contribution is -2.10. The summed E-state index contributed by atoms with van der Waals surface area (Å²) >= 11 is 0. The fourth-order valence-corrected chi connectivity index (χ4v) is 1.23. The van der Waals surface area contributed by atoms with Crippen LogP contribution >= 0.6 is 0 Å². The number of phenols is 1. The lowest BCUT2D eigenvalue weighted by molar-refractivity contribution is 0.0987. The number of nitrogens with zero attached hydrogens (tertiary/aromatic N) is 1. The molecule has 1 aromatic carbocycles. The predicted molar refractivity (Wildman–Crippen MR) is 57.3 cm³/mol. The quantitative estimate of drug-likeness (QED) is 0.755. The molecule has 0 aliphatic heterocycles. The van der Waals surface area contributed by atoms with Crippen molar-refractivity contribution in [2.75, 3.05) is 5.32 Å². The second-order valence-corrected chi connectivity index (χ2v) is 3.30. The molecule has 16 heavy (non-hydrogen) atoms. The van der Waals surface area contributed by atoms with E-state index in [2.05, 4.69) is 10.5 Å². The van der Waals surface area contributed by atoms with Gasteiger partial charge in [0.25, 0.3) is 5.91 Å². The fourth-order valence-electron chi connectivity index (χ4n) is 1.23. The van der Waals surface area contributed by atoms with Crippen LogP contribution in [0, 0.1) is 6.92 Å². The van der Waals surface area contributed by atoms with E-state index < -0.39 is 5.91 Å². The minimum atomic E-state index is -0.443. The Morgan fingerprint density at radius 3 is 2.81 bits per heavy atom. The Kier molecular flexibility index (Phi) is 2.59. The van der Waals surface area contributed by atoms with Gasteiger partial charge in [-0.2, -0.15) is 0 Å². The molecule has 0 saturated carbocycles. The zero-order chi connectivity index (χ0) is 11.5. The summed E-state index contributed by atoms with van der Waals surface area (Å²) in [6.07, 6.45) is 0. The number of rotatable bonds is 2. The molecule has 0 unspecified atom stereocenters. The van der Waals surface area contributed by atoms with Gasteiger partial charge in [0, 0.05) is 6.07 Å². The Bertz CT molecular complexity index is 519. The molecule has 0 radical (unpaired) electrons. The van der Waals surface area contributed by atoms with Crippen LogP contribution in [-0.4, -0.2) is 16.2 Å². The molecule has 2 rings (SSSR count). The summed E-state index contributed by atoms with van der Waals surface area (Å²) in [6, 6.07) is 7.98. The number of amides is 1. The summed E-state index contributed by atoms with van der Waals surface area (Å²) in [5.74, 6) is -0.324. The van der Waals surface area contributed by atoms with Gasteiger partial charge in [-0.3, -0.25) is 4.79 Å².